The van der Waals surface area contributed by atoms with E-state index >= 15 is 0 Å². The fourth-order valence-corrected chi connectivity index (χ4v) is 2.30. The van der Waals surface area contributed by atoms with Gasteiger partial charge in [-0.15, -0.1) is 0 Å². The minimum absolute atomic E-state index is 0.0412. The maximum atomic E-state index is 12.4. The van der Waals surface area contributed by atoms with Crippen molar-refractivity contribution in [3.05, 3.63) is 35.9 Å². The summed E-state index contributed by atoms with van der Waals surface area (Å²) in [6.45, 7) is 9.10. The second-order valence-corrected chi connectivity index (χ2v) is 6.21. The lowest BCUT2D eigenvalue weighted by Crippen LogP contribution is -2.44. The van der Waals surface area contributed by atoms with Gasteiger partial charge in [-0.05, 0) is 32.9 Å². The molecule has 1 N–H and O–H groups in total. The molecule has 118 valence electrons. The van der Waals surface area contributed by atoms with Crippen molar-refractivity contribution in [1.29, 1.82) is 0 Å². The van der Waals surface area contributed by atoms with Gasteiger partial charge in [0, 0.05) is 13.6 Å². The van der Waals surface area contributed by atoms with Gasteiger partial charge in [-0.3, -0.25) is 9.69 Å². The molecule has 0 bridgehead atoms. The fourth-order valence-electron chi connectivity index (χ4n) is 2.30. The Morgan fingerprint density at radius 1 is 1.29 bits per heavy atom. The third kappa shape index (κ3) is 5.86. The van der Waals surface area contributed by atoms with Crippen LogP contribution >= 0.6 is 0 Å². The van der Waals surface area contributed by atoms with Crippen LogP contribution in [0.2, 0.25) is 0 Å². The lowest BCUT2D eigenvalue weighted by molar-refractivity contribution is -0.133. The average molecular weight is 292 g/mol. The van der Waals surface area contributed by atoms with Gasteiger partial charge in [0.25, 0.3) is 0 Å². The summed E-state index contributed by atoms with van der Waals surface area (Å²) in [5.74, 6) is 0.0671. The Bertz CT molecular complexity index is 440. The van der Waals surface area contributed by atoms with Crippen LogP contribution in [0.15, 0.2) is 30.3 Å². The number of benzene rings is 1. The first-order chi connectivity index (χ1) is 9.74. The molecule has 0 saturated carbocycles. The number of likely N-dealkylation sites (N-methyl/N-ethyl adjacent to an activating group) is 2. The Morgan fingerprint density at radius 2 is 1.86 bits per heavy atom. The number of carbonyl (C=O) groups is 1. The van der Waals surface area contributed by atoms with Crippen LogP contribution in [0.3, 0.4) is 0 Å². The van der Waals surface area contributed by atoms with E-state index in [9.17, 15) is 9.90 Å². The first-order valence-electron chi connectivity index (χ1n) is 7.50. The minimum Gasteiger partial charge on any atom is -0.389 e. The summed E-state index contributed by atoms with van der Waals surface area (Å²) in [6.07, 6.45) is 0. The molecule has 0 spiro atoms. The maximum absolute atomic E-state index is 12.4. The summed E-state index contributed by atoms with van der Waals surface area (Å²) in [6, 6.07) is 10.0. The molecule has 0 aliphatic rings. The highest BCUT2D eigenvalue weighted by Crippen LogP contribution is 2.18. The third-order valence-corrected chi connectivity index (χ3v) is 3.67. The van der Waals surface area contributed by atoms with Gasteiger partial charge < -0.3 is 10.0 Å². The normalized spacial score (nSPS) is 13.3. The summed E-state index contributed by atoms with van der Waals surface area (Å²) in [7, 11) is 1.83. The van der Waals surface area contributed by atoms with Crippen LogP contribution in [0.1, 0.15) is 39.3 Å². The highest BCUT2D eigenvalue weighted by atomic mass is 16.3. The van der Waals surface area contributed by atoms with Gasteiger partial charge >= 0.3 is 0 Å². The van der Waals surface area contributed by atoms with Crippen molar-refractivity contribution >= 4 is 5.91 Å². The van der Waals surface area contributed by atoms with Crippen LogP contribution in [0.4, 0.5) is 0 Å². The van der Waals surface area contributed by atoms with Crippen molar-refractivity contribution in [2.45, 2.75) is 39.3 Å². The molecule has 1 amide bonds. The number of hydrogen-bond acceptors (Lipinski definition) is 3. The Labute approximate surface area is 128 Å². The molecule has 0 aliphatic carbocycles. The average Bonchev–Trinajstić information content (AvgIpc) is 2.44. The van der Waals surface area contributed by atoms with Crippen LogP contribution in [-0.4, -0.2) is 53.1 Å². The maximum Gasteiger partial charge on any atom is 0.236 e. The first kappa shape index (κ1) is 17.7. The summed E-state index contributed by atoms with van der Waals surface area (Å²) >= 11 is 0. The topological polar surface area (TPSA) is 43.8 Å². The lowest BCUT2D eigenvalue weighted by atomic mass is 10.1. The summed E-state index contributed by atoms with van der Waals surface area (Å²) in [5.41, 5.74) is 0.332. The molecule has 1 aromatic carbocycles. The standard InChI is InChI=1S/C17H28N2O2/c1-6-19(13-17(3,4)21)12-16(20)18(5)14(2)15-10-8-7-9-11-15/h7-11,14,21H,6,12-13H2,1-5H3. The molecule has 21 heavy (non-hydrogen) atoms. The Hall–Kier alpha value is -1.39. The number of hydrogen-bond donors (Lipinski definition) is 1. The van der Waals surface area contributed by atoms with Crippen LogP contribution in [0.25, 0.3) is 0 Å². The SMILES string of the molecule is CCN(CC(=O)N(C)C(C)c1ccccc1)CC(C)(C)O. The van der Waals surface area contributed by atoms with E-state index < -0.39 is 5.60 Å². The first-order valence-corrected chi connectivity index (χ1v) is 7.50. The van der Waals surface area contributed by atoms with Crippen LogP contribution < -0.4 is 0 Å². The molecule has 0 fully saturated rings. The molecule has 0 radical (unpaired) electrons. The van der Waals surface area contributed by atoms with Gasteiger partial charge in [-0.25, -0.2) is 0 Å². The van der Waals surface area contributed by atoms with Crippen molar-refractivity contribution in [1.82, 2.24) is 9.80 Å². The summed E-state index contributed by atoms with van der Waals surface area (Å²) < 4.78 is 0. The molecular formula is C17H28N2O2. The fraction of sp³-hybridized carbons (Fsp3) is 0.588. The Kier molecular flexibility index (Phi) is 6.37. The lowest BCUT2D eigenvalue weighted by Gasteiger charge is -2.31. The van der Waals surface area contributed by atoms with Crippen molar-refractivity contribution in [2.75, 3.05) is 26.7 Å². The Morgan fingerprint density at radius 3 is 2.33 bits per heavy atom. The molecule has 1 atom stereocenters. The molecule has 0 saturated heterocycles. The van der Waals surface area contributed by atoms with Gasteiger partial charge in [-0.1, -0.05) is 37.3 Å². The van der Waals surface area contributed by atoms with E-state index in [1.165, 1.54) is 0 Å². The molecular weight excluding hydrogens is 264 g/mol. The predicted molar refractivity (Wildman–Crippen MR) is 86.0 cm³/mol. The number of nitrogens with zero attached hydrogens (tertiary/aromatic N) is 2. The molecule has 0 aromatic heterocycles. The molecule has 1 unspecified atom stereocenters. The molecule has 0 aliphatic heterocycles. The van der Waals surface area contributed by atoms with Gasteiger partial charge in [0.1, 0.15) is 0 Å². The van der Waals surface area contributed by atoms with Crippen molar-refractivity contribution in [3.63, 3.8) is 0 Å². The van der Waals surface area contributed by atoms with Gasteiger partial charge in [0.05, 0.1) is 18.2 Å². The van der Waals surface area contributed by atoms with Gasteiger partial charge in [0.15, 0.2) is 0 Å². The smallest absolute Gasteiger partial charge is 0.236 e. The molecule has 4 nitrogen and oxygen atoms in total. The second-order valence-electron chi connectivity index (χ2n) is 6.21. The van der Waals surface area contributed by atoms with E-state index in [0.717, 1.165) is 12.1 Å². The van der Waals surface area contributed by atoms with E-state index in [2.05, 4.69) is 0 Å². The summed E-state index contributed by atoms with van der Waals surface area (Å²) in [4.78, 5) is 16.2. The zero-order valence-corrected chi connectivity index (χ0v) is 13.8. The van der Waals surface area contributed by atoms with E-state index in [-0.39, 0.29) is 11.9 Å². The molecule has 4 heteroatoms. The quantitative estimate of drug-likeness (QED) is 0.838. The van der Waals surface area contributed by atoms with Crippen molar-refractivity contribution in [2.24, 2.45) is 0 Å². The van der Waals surface area contributed by atoms with E-state index in [1.54, 1.807) is 18.7 Å². The molecule has 1 aromatic rings. The number of rotatable bonds is 7. The number of amides is 1. The van der Waals surface area contributed by atoms with Crippen molar-refractivity contribution in [3.8, 4) is 0 Å². The van der Waals surface area contributed by atoms with Crippen LogP contribution in [-0.2, 0) is 4.79 Å². The number of carbonyl (C=O) groups excluding carboxylic acids is 1. The van der Waals surface area contributed by atoms with E-state index in [1.807, 2.05) is 56.1 Å². The minimum atomic E-state index is -0.792. The number of aliphatic hydroxyl groups is 1. The highest BCUT2D eigenvalue weighted by molar-refractivity contribution is 5.78. The second kappa shape index (κ2) is 7.57. The largest absolute Gasteiger partial charge is 0.389 e. The molecule has 1 rings (SSSR count). The summed E-state index contributed by atoms with van der Waals surface area (Å²) in [5, 5.41) is 9.89. The van der Waals surface area contributed by atoms with E-state index in [4.69, 9.17) is 0 Å². The van der Waals surface area contributed by atoms with Gasteiger partial charge in [0.2, 0.25) is 5.91 Å². The van der Waals surface area contributed by atoms with Gasteiger partial charge in [-0.2, -0.15) is 0 Å². The zero-order chi connectivity index (χ0) is 16.0. The van der Waals surface area contributed by atoms with Crippen LogP contribution in [0.5, 0.6) is 0 Å². The zero-order valence-electron chi connectivity index (χ0n) is 13.8. The van der Waals surface area contributed by atoms with Crippen molar-refractivity contribution < 1.29 is 9.90 Å². The molecule has 0 heterocycles. The Balaban J connectivity index is 2.65. The third-order valence-electron chi connectivity index (χ3n) is 3.67. The monoisotopic (exact) mass is 292 g/mol. The van der Waals surface area contributed by atoms with E-state index in [0.29, 0.717) is 13.1 Å². The van der Waals surface area contributed by atoms with Crippen LogP contribution in [0, 0.1) is 0 Å². The highest BCUT2D eigenvalue weighted by Gasteiger charge is 2.22. The predicted octanol–water partition coefficient (Wildman–Crippen LogP) is 2.30.